The van der Waals surface area contributed by atoms with Gasteiger partial charge in [0.25, 0.3) is 0 Å². The van der Waals surface area contributed by atoms with Gasteiger partial charge in [-0.3, -0.25) is 0 Å². The smallest absolute Gasteiger partial charge is 0.118 e. The van der Waals surface area contributed by atoms with Gasteiger partial charge in [-0.25, -0.2) is 0 Å². The minimum absolute atomic E-state index is 0.884. The zero-order valence-electron chi connectivity index (χ0n) is 12.3. The Hall–Kier alpha value is -2.54. The molecule has 0 aromatic heterocycles. The summed E-state index contributed by atoms with van der Waals surface area (Å²) in [7, 11) is 1.69. The normalized spacial score (nSPS) is 10.4. The Kier molecular flexibility index (Phi) is 3.74. The van der Waals surface area contributed by atoms with E-state index in [-0.39, 0.29) is 0 Å². The maximum Gasteiger partial charge on any atom is 0.118 e. The van der Waals surface area contributed by atoms with Crippen molar-refractivity contribution in [1.29, 1.82) is 0 Å². The van der Waals surface area contributed by atoms with Crippen LogP contribution in [0, 0.1) is 6.92 Å². The van der Waals surface area contributed by atoms with Gasteiger partial charge in [0.05, 0.1) is 7.11 Å². The predicted molar refractivity (Wildman–Crippen MR) is 88.6 cm³/mol. The van der Waals surface area contributed by atoms with Crippen LogP contribution in [0.15, 0.2) is 72.8 Å². The summed E-state index contributed by atoms with van der Waals surface area (Å²) in [6.45, 7) is 2.12. The summed E-state index contributed by atoms with van der Waals surface area (Å²) >= 11 is 0. The standard InChI is InChI=1S/C20H18O/c1-15-4-3-5-19(14-15)18-8-6-16(7-9-18)17-10-12-20(21-2)13-11-17/h3-14H,1-2H3. The molecule has 0 N–H and O–H groups in total. The Morgan fingerprint density at radius 2 is 1.14 bits per heavy atom. The van der Waals surface area contributed by atoms with Crippen molar-refractivity contribution < 1.29 is 4.74 Å². The average Bonchev–Trinajstić information content (AvgIpc) is 2.55. The van der Waals surface area contributed by atoms with Crippen LogP contribution >= 0.6 is 0 Å². The molecule has 0 amide bonds. The summed E-state index contributed by atoms with van der Waals surface area (Å²) in [5, 5.41) is 0. The quantitative estimate of drug-likeness (QED) is 0.626. The Bertz CT molecular complexity index is 725. The van der Waals surface area contributed by atoms with Crippen LogP contribution in [0.1, 0.15) is 5.56 Å². The van der Waals surface area contributed by atoms with Crippen molar-refractivity contribution in [1.82, 2.24) is 0 Å². The van der Waals surface area contributed by atoms with Crippen LogP contribution in [-0.2, 0) is 0 Å². The molecule has 104 valence electrons. The van der Waals surface area contributed by atoms with Gasteiger partial charge >= 0.3 is 0 Å². The van der Waals surface area contributed by atoms with E-state index in [1.165, 1.54) is 27.8 Å². The fourth-order valence-corrected chi connectivity index (χ4v) is 2.46. The molecule has 0 fully saturated rings. The maximum absolute atomic E-state index is 5.19. The maximum atomic E-state index is 5.19. The van der Waals surface area contributed by atoms with Crippen molar-refractivity contribution in [2.24, 2.45) is 0 Å². The van der Waals surface area contributed by atoms with Gasteiger partial charge in [-0.1, -0.05) is 66.2 Å². The lowest BCUT2D eigenvalue weighted by Gasteiger charge is -2.06. The van der Waals surface area contributed by atoms with E-state index in [0.717, 1.165) is 5.75 Å². The van der Waals surface area contributed by atoms with Gasteiger partial charge in [-0.15, -0.1) is 0 Å². The third-order valence-corrected chi connectivity index (χ3v) is 3.66. The molecule has 1 nitrogen and oxygen atoms in total. The Morgan fingerprint density at radius 1 is 0.619 bits per heavy atom. The molecule has 0 aliphatic carbocycles. The highest BCUT2D eigenvalue weighted by Gasteiger charge is 2.01. The number of hydrogen-bond acceptors (Lipinski definition) is 1. The Morgan fingerprint density at radius 3 is 1.67 bits per heavy atom. The van der Waals surface area contributed by atoms with Gasteiger partial charge in [0.1, 0.15) is 5.75 Å². The molecule has 0 spiro atoms. The second-order valence-electron chi connectivity index (χ2n) is 5.18. The van der Waals surface area contributed by atoms with Crippen LogP contribution in [0.3, 0.4) is 0 Å². The van der Waals surface area contributed by atoms with Gasteiger partial charge in [-0.2, -0.15) is 0 Å². The van der Waals surface area contributed by atoms with Crippen LogP contribution < -0.4 is 4.74 Å². The van der Waals surface area contributed by atoms with Crippen molar-refractivity contribution in [3.8, 4) is 28.0 Å². The van der Waals surface area contributed by atoms with Crippen LogP contribution in [0.2, 0.25) is 0 Å². The first-order valence-electron chi connectivity index (χ1n) is 7.08. The number of rotatable bonds is 3. The van der Waals surface area contributed by atoms with Gasteiger partial charge in [0.2, 0.25) is 0 Å². The molecular formula is C20H18O. The Labute approximate surface area is 125 Å². The van der Waals surface area contributed by atoms with E-state index < -0.39 is 0 Å². The third-order valence-electron chi connectivity index (χ3n) is 3.66. The van der Waals surface area contributed by atoms with Gasteiger partial charge < -0.3 is 4.74 Å². The van der Waals surface area contributed by atoms with Crippen LogP contribution in [0.25, 0.3) is 22.3 Å². The summed E-state index contributed by atoms with van der Waals surface area (Å²) in [6, 6.07) is 25.4. The van der Waals surface area contributed by atoms with E-state index in [2.05, 4.69) is 67.6 Å². The van der Waals surface area contributed by atoms with Crippen molar-refractivity contribution in [3.05, 3.63) is 78.4 Å². The van der Waals surface area contributed by atoms with Gasteiger partial charge in [-0.05, 0) is 41.3 Å². The van der Waals surface area contributed by atoms with E-state index >= 15 is 0 Å². The molecule has 1 heteroatoms. The number of methoxy groups -OCH3 is 1. The van der Waals surface area contributed by atoms with Crippen LogP contribution in [0.5, 0.6) is 5.75 Å². The lowest BCUT2D eigenvalue weighted by Crippen LogP contribution is -1.83. The zero-order chi connectivity index (χ0) is 14.7. The van der Waals surface area contributed by atoms with Crippen molar-refractivity contribution in [2.45, 2.75) is 6.92 Å². The van der Waals surface area contributed by atoms with Crippen molar-refractivity contribution in [3.63, 3.8) is 0 Å². The fourth-order valence-electron chi connectivity index (χ4n) is 2.46. The molecule has 21 heavy (non-hydrogen) atoms. The molecule has 0 bridgehead atoms. The molecule has 0 radical (unpaired) electrons. The molecule has 0 atom stereocenters. The SMILES string of the molecule is COc1ccc(-c2ccc(-c3cccc(C)c3)cc2)cc1. The zero-order valence-corrected chi connectivity index (χ0v) is 12.3. The molecular weight excluding hydrogens is 256 g/mol. The molecule has 3 aromatic rings. The lowest BCUT2D eigenvalue weighted by atomic mass is 9.99. The van der Waals surface area contributed by atoms with Gasteiger partial charge in [0, 0.05) is 0 Å². The van der Waals surface area contributed by atoms with E-state index in [1.807, 2.05) is 12.1 Å². The van der Waals surface area contributed by atoms with E-state index in [1.54, 1.807) is 7.11 Å². The fraction of sp³-hybridized carbons (Fsp3) is 0.100. The van der Waals surface area contributed by atoms with Gasteiger partial charge in [0.15, 0.2) is 0 Å². The highest BCUT2D eigenvalue weighted by Crippen LogP contribution is 2.26. The molecule has 0 saturated carbocycles. The minimum Gasteiger partial charge on any atom is -0.497 e. The first-order chi connectivity index (χ1) is 10.3. The van der Waals surface area contributed by atoms with Crippen molar-refractivity contribution in [2.75, 3.05) is 7.11 Å². The second kappa shape index (κ2) is 5.84. The monoisotopic (exact) mass is 274 g/mol. The minimum atomic E-state index is 0.884. The first kappa shape index (κ1) is 13.4. The molecule has 0 heterocycles. The van der Waals surface area contributed by atoms with Crippen LogP contribution in [-0.4, -0.2) is 7.11 Å². The largest absolute Gasteiger partial charge is 0.497 e. The summed E-state index contributed by atoms with van der Waals surface area (Å²) in [4.78, 5) is 0. The molecule has 3 rings (SSSR count). The Balaban J connectivity index is 1.89. The number of benzene rings is 3. The average molecular weight is 274 g/mol. The second-order valence-corrected chi connectivity index (χ2v) is 5.18. The number of aryl methyl sites for hydroxylation is 1. The molecule has 0 aliphatic rings. The molecule has 0 saturated heterocycles. The lowest BCUT2D eigenvalue weighted by molar-refractivity contribution is 0.415. The summed E-state index contributed by atoms with van der Waals surface area (Å²) in [5.41, 5.74) is 6.21. The summed E-state index contributed by atoms with van der Waals surface area (Å²) in [5.74, 6) is 0.884. The first-order valence-corrected chi connectivity index (χ1v) is 7.08. The highest BCUT2D eigenvalue weighted by molar-refractivity contribution is 5.71. The summed E-state index contributed by atoms with van der Waals surface area (Å²) in [6.07, 6.45) is 0. The topological polar surface area (TPSA) is 9.23 Å². The van der Waals surface area contributed by atoms with Crippen LogP contribution in [0.4, 0.5) is 0 Å². The van der Waals surface area contributed by atoms with Crippen molar-refractivity contribution >= 4 is 0 Å². The number of hydrogen-bond donors (Lipinski definition) is 0. The predicted octanol–water partition coefficient (Wildman–Crippen LogP) is 5.34. The molecule has 0 unspecified atom stereocenters. The van der Waals surface area contributed by atoms with E-state index in [0.29, 0.717) is 0 Å². The van der Waals surface area contributed by atoms with E-state index in [4.69, 9.17) is 4.74 Å². The number of ether oxygens (including phenoxy) is 1. The summed E-state index contributed by atoms with van der Waals surface area (Å²) < 4.78 is 5.19. The molecule has 0 aliphatic heterocycles. The molecule has 3 aromatic carbocycles. The van der Waals surface area contributed by atoms with E-state index in [9.17, 15) is 0 Å². The highest BCUT2D eigenvalue weighted by atomic mass is 16.5. The third kappa shape index (κ3) is 2.97.